The number of ether oxygens (including phenoxy) is 1. The summed E-state index contributed by atoms with van der Waals surface area (Å²) < 4.78 is 45.4. The second-order valence-electron chi connectivity index (χ2n) is 10.7. The summed E-state index contributed by atoms with van der Waals surface area (Å²) in [5.74, 6) is 0.359. The first kappa shape index (κ1) is 25.5. The van der Waals surface area contributed by atoms with Crippen LogP contribution in [-0.2, 0) is 22.3 Å². The highest BCUT2D eigenvalue weighted by molar-refractivity contribution is 5.84. The molecule has 1 saturated carbocycles. The number of nitrogens with zero attached hydrogens (tertiary/aromatic N) is 1. The Morgan fingerprint density at radius 3 is 2.65 bits per heavy atom. The van der Waals surface area contributed by atoms with E-state index in [1.807, 2.05) is 0 Å². The highest BCUT2D eigenvalue weighted by Crippen LogP contribution is 2.47. The molecule has 0 radical (unpaired) electrons. The molecule has 0 aromatic heterocycles. The zero-order chi connectivity index (χ0) is 24.5. The summed E-state index contributed by atoms with van der Waals surface area (Å²) in [7, 11) is 0. The molecule has 34 heavy (non-hydrogen) atoms. The topological polar surface area (TPSA) is 61.8 Å². The van der Waals surface area contributed by atoms with Crippen LogP contribution >= 0.6 is 0 Å². The number of nitrogens with one attached hydrogen (secondary N) is 1. The van der Waals surface area contributed by atoms with E-state index in [4.69, 9.17) is 4.74 Å². The van der Waals surface area contributed by atoms with E-state index in [0.717, 1.165) is 64.0 Å². The van der Waals surface area contributed by atoms with Gasteiger partial charge in [0, 0.05) is 38.3 Å². The number of alkyl halides is 3. The molecule has 2 fully saturated rings. The number of hydrogen-bond donors (Lipinski definition) is 2. The van der Waals surface area contributed by atoms with Gasteiger partial charge in [0.1, 0.15) is 0 Å². The SMILES string of the molecule is CC(C)C1(C(=O)N2Cc3cc(C(F)(F)F)ccc3C(CO)C2)CCC(NCC2CCOCC2)C1. The van der Waals surface area contributed by atoms with Gasteiger partial charge in [-0.15, -0.1) is 0 Å². The quantitative estimate of drug-likeness (QED) is 0.634. The number of amides is 1. The van der Waals surface area contributed by atoms with E-state index in [2.05, 4.69) is 19.2 Å². The van der Waals surface area contributed by atoms with Gasteiger partial charge in [0.2, 0.25) is 5.91 Å². The maximum atomic E-state index is 13.9. The summed E-state index contributed by atoms with van der Waals surface area (Å²) in [6, 6.07) is 3.94. The van der Waals surface area contributed by atoms with Crippen LogP contribution in [0.25, 0.3) is 0 Å². The fourth-order valence-electron chi connectivity index (χ4n) is 6.08. The third kappa shape index (κ3) is 5.14. The van der Waals surface area contributed by atoms with Crippen LogP contribution in [0.2, 0.25) is 0 Å². The zero-order valence-electron chi connectivity index (χ0n) is 20.2. The first-order chi connectivity index (χ1) is 16.1. The minimum Gasteiger partial charge on any atom is -0.396 e. The van der Waals surface area contributed by atoms with Gasteiger partial charge >= 0.3 is 6.18 Å². The normalized spacial score (nSPS) is 28.4. The molecule has 3 unspecified atom stereocenters. The molecular formula is C26H37F3N2O3. The molecule has 1 aromatic rings. The summed E-state index contributed by atoms with van der Waals surface area (Å²) in [6.45, 7) is 6.98. The first-order valence-corrected chi connectivity index (χ1v) is 12.6. The van der Waals surface area contributed by atoms with Gasteiger partial charge < -0.3 is 20.1 Å². The molecule has 3 atom stereocenters. The Kier molecular flexibility index (Phi) is 7.60. The largest absolute Gasteiger partial charge is 0.416 e. The summed E-state index contributed by atoms with van der Waals surface area (Å²) >= 11 is 0. The molecule has 4 rings (SSSR count). The molecule has 1 aromatic carbocycles. The van der Waals surface area contributed by atoms with Crippen molar-refractivity contribution < 1.29 is 27.8 Å². The van der Waals surface area contributed by atoms with Gasteiger partial charge in [-0.2, -0.15) is 13.2 Å². The fraction of sp³-hybridized carbons (Fsp3) is 0.731. The van der Waals surface area contributed by atoms with Crippen molar-refractivity contribution in [3.05, 3.63) is 34.9 Å². The van der Waals surface area contributed by atoms with Gasteiger partial charge in [0.15, 0.2) is 0 Å². The van der Waals surface area contributed by atoms with Gasteiger partial charge in [0.05, 0.1) is 17.6 Å². The third-order valence-corrected chi connectivity index (χ3v) is 8.34. The maximum absolute atomic E-state index is 13.9. The van der Waals surface area contributed by atoms with Crippen LogP contribution in [0, 0.1) is 17.3 Å². The number of carbonyl (C=O) groups excluding carboxylic acids is 1. The summed E-state index contributed by atoms with van der Waals surface area (Å²) in [5.41, 5.74) is -0.0545. The second-order valence-corrected chi connectivity index (χ2v) is 10.7. The molecule has 8 heteroatoms. The molecule has 0 bridgehead atoms. The summed E-state index contributed by atoms with van der Waals surface area (Å²) in [4.78, 5) is 15.6. The van der Waals surface area contributed by atoms with Crippen molar-refractivity contribution in [2.24, 2.45) is 17.3 Å². The maximum Gasteiger partial charge on any atom is 0.416 e. The number of aliphatic hydroxyl groups is 1. The van der Waals surface area contributed by atoms with E-state index in [-0.39, 0.29) is 36.9 Å². The molecule has 1 aliphatic carbocycles. The molecule has 1 saturated heterocycles. The van der Waals surface area contributed by atoms with Gasteiger partial charge in [-0.05, 0) is 73.7 Å². The van der Waals surface area contributed by atoms with E-state index < -0.39 is 17.2 Å². The van der Waals surface area contributed by atoms with E-state index >= 15 is 0 Å². The smallest absolute Gasteiger partial charge is 0.396 e. The first-order valence-electron chi connectivity index (χ1n) is 12.6. The van der Waals surface area contributed by atoms with Crippen molar-refractivity contribution in [1.29, 1.82) is 0 Å². The van der Waals surface area contributed by atoms with Gasteiger partial charge in [-0.3, -0.25) is 4.79 Å². The third-order valence-electron chi connectivity index (χ3n) is 8.34. The molecular weight excluding hydrogens is 445 g/mol. The number of hydrogen-bond acceptors (Lipinski definition) is 4. The highest BCUT2D eigenvalue weighted by Gasteiger charge is 2.50. The van der Waals surface area contributed by atoms with Crippen LogP contribution in [0.4, 0.5) is 13.2 Å². The van der Waals surface area contributed by atoms with Crippen LogP contribution in [0.1, 0.15) is 68.6 Å². The predicted molar refractivity (Wildman–Crippen MR) is 123 cm³/mol. The molecule has 5 nitrogen and oxygen atoms in total. The Bertz CT molecular complexity index is 869. The van der Waals surface area contributed by atoms with Crippen molar-refractivity contribution in [3.63, 3.8) is 0 Å². The van der Waals surface area contributed by atoms with E-state index in [1.165, 1.54) is 6.07 Å². The van der Waals surface area contributed by atoms with Crippen molar-refractivity contribution in [3.8, 4) is 0 Å². The average Bonchev–Trinajstić information content (AvgIpc) is 3.27. The van der Waals surface area contributed by atoms with E-state index in [9.17, 15) is 23.1 Å². The van der Waals surface area contributed by atoms with E-state index in [1.54, 1.807) is 4.90 Å². The second kappa shape index (κ2) is 10.2. The van der Waals surface area contributed by atoms with Crippen LogP contribution < -0.4 is 5.32 Å². The molecule has 0 spiro atoms. The number of halogens is 3. The molecule has 3 aliphatic rings. The number of carbonyl (C=O) groups is 1. The zero-order valence-corrected chi connectivity index (χ0v) is 20.2. The monoisotopic (exact) mass is 482 g/mol. The van der Waals surface area contributed by atoms with Gasteiger partial charge in [-0.1, -0.05) is 19.9 Å². The lowest BCUT2D eigenvalue weighted by atomic mass is 9.73. The lowest BCUT2D eigenvalue weighted by molar-refractivity contribution is -0.146. The van der Waals surface area contributed by atoms with Crippen LogP contribution in [0.5, 0.6) is 0 Å². The molecule has 2 N–H and O–H groups in total. The summed E-state index contributed by atoms with van der Waals surface area (Å²) in [5, 5.41) is 13.6. The number of aliphatic hydroxyl groups excluding tert-OH is 1. The average molecular weight is 483 g/mol. The van der Waals surface area contributed by atoms with Crippen molar-refractivity contribution in [1.82, 2.24) is 10.2 Å². The van der Waals surface area contributed by atoms with E-state index in [0.29, 0.717) is 23.6 Å². The van der Waals surface area contributed by atoms with Gasteiger partial charge in [0.25, 0.3) is 0 Å². The van der Waals surface area contributed by atoms with Crippen molar-refractivity contribution in [2.45, 2.75) is 70.6 Å². The lowest BCUT2D eigenvalue weighted by Gasteiger charge is -2.42. The molecule has 190 valence electrons. The van der Waals surface area contributed by atoms with Crippen LogP contribution in [0.15, 0.2) is 18.2 Å². The van der Waals surface area contributed by atoms with Crippen LogP contribution in [-0.4, -0.2) is 54.9 Å². The Balaban J connectivity index is 1.49. The van der Waals surface area contributed by atoms with Crippen LogP contribution in [0.3, 0.4) is 0 Å². The predicted octanol–water partition coefficient (Wildman–Crippen LogP) is 4.33. The van der Waals surface area contributed by atoms with Crippen molar-refractivity contribution >= 4 is 5.91 Å². The number of fused-ring (bicyclic) bond motifs is 1. The lowest BCUT2D eigenvalue weighted by Crippen LogP contribution is -2.49. The molecule has 2 heterocycles. The Morgan fingerprint density at radius 1 is 1.26 bits per heavy atom. The molecule has 1 amide bonds. The minimum atomic E-state index is -4.44. The van der Waals surface area contributed by atoms with Crippen molar-refractivity contribution in [2.75, 3.05) is 32.9 Å². The Morgan fingerprint density at radius 2 is 2.00 bits per heavy atom. The minimum absolute atomic E-state index is 0.0133. The fourth-order valence-corrected chi connectivity index (χ4v) is 6.08. The molecule has 2 aliphatic heterocycles. The highest BCUT2D eigenvalue weighted by atomic mass is 19.4. The Hall–Kier alpha value is -1.64. The summed E-state index contributed by atoms with van der Waals surface area (Å²) in [6.07, 6.45) is 0.101. The number of benzene rings is 1. The standard InChI is InChI=1S/C26H37F3N2O3/c1-17(2)25(8-5-22(12-25)30-13-18-6-9-34-10-7-18)24(33)31-14-19-11-21(26(27,28)29)3-4-23(19)20(15-31)16-32/h3-4,11,17-18,20,22,30,32H,5-10,12-16H2,1-2H3. The van der Waals surface area contributed by atoms with Gasteiger partial charge in [-0.25, -0.2) is 0 Å². The number of rotatable bonds is 6. The Labute approximate surface area is 200 Å².